The average Bonchev–Trinajstić information content (AvgIpc) is 3.21. The molecule has 1 aliphatic heterocycles. The number of anilines is 1. The molecule has 0 saturated carbocycles. The molecule has 2 aromatic heterocycles. The van der Waals surface area contributed by atoms with Crippen LogP contribution >= 0.6 is 11.5 Å². The van der Waals surface area contributed by atoms with Crippen molar-refractivity contribution in [2.45, 2.75) is 38.5 Å². The number of halogens is 5. The van der Waals surface area contributed by atoms with E-state index in [2.05, 4.69) is 19.7 Å². The van der Waals surface area contributed by atoms with Crippen LogP contribution in [0.1, 0.15) is 45.2 Å². The predicted molar refractivity (Wildman–Crippen MR) is 127 cm³/mol. The second kappa shape index (κ2) is 11.5. The number of nitrogens with zero attached hydrogens (tertiary/aromatic N) is 4. The molecule has 0 bridgehead atoms. The van der Waals surface area contributed by atoms with Crippen molar-refractivity contribution >= 4 is 23.1 Å². The minimum Gasteiger partial charge on any atom is -0.487 e. The van der Waals surface area contributed by atoms with Crippen LogP contribution in [0.2, 0.25) is 0 Å². The van der Waals surface area contributed by atoms with Gasteiger partial charge in [0.2, 0.25) is 0 Å². The maximum absolute atomic E-state index is 14.7. The molecule has 0 unspecified atom stereocenters. The fourth-order valence-electron chi connectivity index (χ4n) is 4.04. The molecule has 37 heavy (non-hydrogen) atoms. The van der Waals surface area contributed by atoms with Crippen LogP contribution in [0, 0.1) is 12.7 Å². The minimum atomic E-state index is -4.64. The Kier molecular flexibility index (Phi) is 8.32. The van der Waals surface area contributed by atoms with E-state index in [1.807, 2.05) is 4.90 Å². The molecule has 13 heteroatoms. The van der Waals surface area contributed by atoms with Gasteiger partial charge in [0.25, 0.3) is 5.91 Å². The fraction of sp³-hybridized carbons (Fsp3) is 0.417. The molecular formula is C24H24F5N5O2S. The number of hydrogen-bond acceptors (Lipinski definition) is 7. The summed E-state index contributed by atoms with van der Waals surface area (Å²) in [5.41, 5.74) is -0.332. The van der Waals surface area contributed by atoms with E-state index in [-0.39, 0.29) is 35.2 Å². The van der Waals surface area contributed by atoms with E-state index in [1.54, 1.807) is 6.92 Å². The van der Waals surface area contributed by atoms with E-state index in [0.717, 1.165) is 17.6 Å². The Hall–Kier alpha value is -3.19. The van der Waals surface area contributed by atoms with Crippen molar-refractivity contribution in [1.82, 2.24) is 19.2 Å². The highest BCUT2D eigenvalue weighted by atomic mass is 32.1. The summed E-state index contributed by atoms with van der Waals surface area (Å²) in [5, 5.41) is 2.61. The zero-order valence-electron chi connectivity index (χ0n) is 19.8. The van der Waals surface area contributed by atoms with Gasteiger partial charge in [0.15, 0.2) is 17.3 Å². The number of piperidine rings is 1. The molecule has 0 aliphatic carbocycles. The number of amides is 1. The van der Waals surface area contributed by atoms with E-state index in [0.29, 0.717) is 49.2 Å². The first-order chi connectivity index (χ1) is 17.6. The lowest BCUT2D eigenvalue weighted by molar-refractivity contribution is -0.141. The summed E-state index contributed by atoms with van der Waals surface area (Å²) in [7, 11) is 0. The van der Waals surface area contributed by atoms with Crippen molar-refractivity contribution in [3.8, 4) is 5.75 Å². The standard InChI is InChI=1S/C24H24F5N5O2S/c1-14-22(20(37-33-14)11-16-12-30-13-21(31-16)24(27,28)29)23(35)32-15-2-3-19(18(26)10-15)36-17-4-7-34(8-5-17)9-6-25/h2-3,10,12-13,17H,4-9,11H2,1H3,(H,32,35). The molecule has 1 N–H and O–H groups in total. The Morgan fingerprint density at radius 1 is 1.24 bits per heavy atom. The molecule has 3 aromatic rings. The van der Waals surface area contributed by atoms with Gasteiger partial charge >= 0.3 is 6.18 Å². The van der Waals surface area contributed by atoms with Crippen LogP contribution in [-0.2, 0) is 12.6 Å². The van der Waals surface area contributed by atoms with Crippen LogP contribution in [0.4, 0.5) is 27.6 Å². The first kappa shape index (κ1) is 26.9. The third kappa shape index (κ3) is 6.77. The summed E-state index contributed by atoms with van der Waals surface area (Å²) >= 11 is 0.973. The molecule has 0 atom stereocenters. The van der Waals surface area contributed by atoms with Crippen molar-refractivity contribution < 1.29 is 31.5 Å². The highest BCUT2D eigenvalue weighted by Crippen LogP contribution is 2.29. The van der Waals surface area contributed by atoms with E-state index in [1.165, 1.54) is 18.3 Å². The van der Waals surface area contributed by atoms with Gasteiger partial charge in [0.1, 0.15) is 12.8 Å². The SMILES string of the molecule is Cc1nsc(Cc2cncc(C(F)(F)F)n2)c1C(=O)Nc1ccc(OC2CCN(CCF)CC2)c(F)c1. The lowest BCUT2D eigenvalue weighted by atomic mass is 10.1. The van der Waals surface area contributed by atoms with Crippen molar-refractivity contribution in [2.24, 2.45) is 0 Å². The van der Waals surface area contributed by atoms with Crippen molar-refractivity contribution in [1.29, 1.82) is 0 Å². The lowest BCUT2D eigenvalue weighted by Gasteiger charge is -2.31. The van der Waals surface area contributed by atoms with Gasteiger partial charge in [-0.15, -0.1) is 0 Å². The second-order valence-electron chi connectivity index (χ2n) is 8.58. The van der Waals surface area contributed by atoms with Gasteiger partial charge in [-0.3, -0.25) is 9.78 Å². The van der Waals surface area contributed by atoms with E-state index in [9.17, 15) is 26.7 Å². The topological polar surface area (TPSA) is 80.2 Å². The minimum absolute atomic E-state index is 0.0376. The van der Waals surface area contributed by atoms with Crippen LogP contribution in [-0.4, -0.2) is 57.6 Å². The molecule has 1 aromatic carbocycles. The summed E-state index contributed by atoms with van der Waals surface area (Å²) < 4.78 is 76.0. The zero-order valence-corrected chi connectivity index (χ0v) is 20.6. The van der Waals surface area contributed by atoms with Crippen molar-refractivity contribution in [3.05, 3.63) is 63.9 Å². The molecule has 198 valence electrons. The molecule has 4 rings (SSSR count). The first-order valence-corrected chi connectivity index (χ1v) is 12.3. The molecular weight excluding hydrogens is 517 g/mol. The van der Waals surface area contributed by atoms with E-state index < -0.39 is 30.3 Å². The third-order valence-corrected chi connectivity index (χ3v) is 6.83. The normalized spacial score (nSPS) is 15.1. The molecule has 1 saturated heterocycles. The van der Waals surface area contributed by atoms with E-state index in [4.69, 9.17) is 4.74 Å². The smallest absolute Gasteiger partial charge is 0.434 e. The van der Waals surface area contributed by atoms with Crippen molar-refractivity contribution in [3.63, 3.8) is 0 Å². The lowest BCUT2D eigenvalue weighted by Crippen LogP contribution is -2.39. The second-order valence-corrected chi connectivity index (χ2v) is 9.44. The average molecular weight is 542 g/mol. The molecule has 1 fully saturated rings. The molecule has 7 nitrogen and oxygen atoms in total. The Morgan fingerprint density at radius 3 is 2.68 bits per heavy atom. The number of likely N-dealkylation sites (tertiary alicyclic amines) is 1. The maximum atomic E-state index is 14.7. The summed E-state index contributed by atoms with van der Waals surface area (Å²) in [5.74, 6) is -1.17. The Labute approximate surface area is 213 Å². The van der Waals surface area contributed by atoms with Gasteiger partial charge in [-0.05, 0) is 43.4 Å². The largest absolute Gasteiger partial charge is 0.487 e. The monoisotopic (exact) mass is 541 g/mol. The number of aromatic nitrogens is 3. The third-order valence-electron chi connectivity index (χ3n) is 5.90. The molecule has 0 radical (unpaired) electrons. The van der Waals surface area contributed by atoms with Gasteiger partial charge in [-0.1, -0.05) is 0 Å². The van der Waals surface area contributed by atoms with Gasteiger partial charge in [0, 0.05) is 48.9 Å². The number of hydrogen-bond donors (Lipinski definition) is 1. The quantitative estimate of drug-likeness (QED) is 0.402. The highest BCUT2D eigenvalue weighted by Gasteiger charge is 2.33. The van der Waals surface area contributed by atoms with Crippen molar-refractivity contribution in [2.75, 3.05) is 31.6 Å². The number of rotatable bonds is 8. The number of nitrogens with one attached hydrogen (secondary N) is 1. The van der Waals surface area contributed by atoms with E-state index >= 15 is 0 Å². The number of carbonyl (C=O) groups excluding carboxylic acids is 1. The summed E-state index contributed by atoms with van der Waals surface area (Å²) in [6.07, 6.45) is -1.76. The van der Waals surface area contributed by atoms with Crippen LogP contribution in [0.5, 0.6) is 5.75 Å². The molecule has 1 amide bonds. The Morgan fingerprint density at radius 2 is 2.00 bits per heavy atom. The number of ether oxygens (including phenoxy) is 1. The Bertz CT molecular complexity index is 1240. The van der Waals surface area contributed by atoms with Gasteiger partial charge in [-0.25, -0.2) is 13.8 Å². The molecule has 0 spiro atoms. The van der Waals surface area contributed by atoms with Crippen LogP contribution in [0.3, 0.4) is 0 Å². The van der Waals surface area contributed by atoms with Crippen LogP contribution in [0.25, 0.3) is 0 Å². The number of carbonyl (C=O) groups is 1. The summed E-state index contributed by atoms with van der Waals surface area (Å²) in [6.45, 7) is 2.92. The zero-order chi connectivity index (χ0) is 26.6. The van der Waals surface area contributed by atoms with Crippen LogP contribution in [0.15, 0.2) is 30.6 Å². The van der Waals surface area contributed by atoms with Gasteiger partial charge in [0.05, 0.1) is 23.1 Å². The summed E-state index contributed by atoms with van der Waals surface area (Å²) in [4.78, 5) is 22.6. The number of benzene rings is 1. The maximum Gasteiger partial charge on any atom is 0.434 e. The van der Waals surface area contributed by atoms with Gasteiger partial charge < -0.3 is 15.0 Å². The first-order valence-electron chi connectivity index (χ1n) is 11.5. The van der Waals surface area contributed by atoms with Crippen LogP contribution < -0.4 is 10.1 Å². The fourth-order valence-corrected chi connectivity index (χ4v) is 4.92. The number of alkyl halides is 4. The summed E-state index contributed by atoms with van der Waals surface area (Å²) in [6, 6.07) is 4.07. The predicted octanol–water partition coefficient (Wildman–Crippen LogP) is 5.06. The molecule has 1 aliphatic rings. The molecule has 3 heterocycles. The number of aryl methyl sites for hydroxylation is 1. The highest BCUT2D eigenvalue weighted by molar-refractivity contribution is 7.06. The van der Waals surface area contributed by atoms with Gasteiger partial charge in [-0.2, -0.15) is 17.5 Å². The Balaban J connectivity index is 1.42.